The average Bonchev–Trinajstić information content (AvgIpc) is 3.01. The monoisotopic (exact) mass is 568 g/mol. The van der Waals surface area contributed by atoms with Gasteiger partial charge in [0, 0.05) is 5.41 Å². The number of carboxylic acids is 2. The van der Waals surface area contributed by atoms with E-state index in [1.165, 1.54) is 6.08 Å². The molecule has 4 rings (SSSR count). The molecule has 0 amide bonds. The highest BCUT2D eigenvalue weighted by atomic mass is 79.9. The maximum Gasteiger partial charge on any atom is 0.333 e. The molecule has 36 heavy (non-hydrogen) atoms. The first-order valence-electron chi connectivity index (χ1n) is 12.0. The Kier molecular flexibility index (Phi) is 6.50. The van der Waals surface area contributed by atoms with Crippen LogP contribution in [0.4, 0.5) is 4.39 Å². The first kappa shape index (κ1) is 26.9. The van der Waals surface area contributed by atoms with E-state index in [2.05, 4.69) is 15.9 Å². The molecule has 4 aliphatic rings. The van der Waals surface area contributed by atoms with Crippen LogP contribution in [0.3, 0.4) is 0 Å². The second kappa shape index (κ2) is 8.70. The molecule has 0 heterocycles. The summed E-state index contributed by atoms with van der Waals surface area (Å²) in [4.78, 5) is 49.3. The van der Waals surface area contributed by atoms with E-state index in [1.807, 2.05) is 13.0 Å². The van der Waals surface area contributed by atoms with Crippen LogP contribution < -0.4 is 0 Å². The lowest BCUT2D eigenvalue weighted by molar-refractivity contribution is -0.181. The van der Waals surface area contributed by atoms with Gasteiger partial charge in [-0.05, 0) is 76.9 Å². The van der Waals surface area contributed by atoms with Crippen molar-refractivity contribution in [1.29, 1.82) is 0 Å². The molecule has 0 aromatic heterocycles. The van der Waals surface area contributed by atoms with Crippen LogP contribution in [-0.4, -0.2) is 62.3 Å². The third kappa shape index (κ3) is 3.44. The summed E-state index contributed by atoms with van der Waals surface area (Å²) < 4.78 is 15.9. The maximum atomic E-state index is 15.6. The Labute approximate surface area is 216 Å². The summed E-state index contributed by atoms with van der Waals surface area (Å²) >= 11 is 3.27. The molecule has 2 fully saturated rings. The smallest absolute Gasteiger partial charge is 0.333 e. The van der Waals surface area contributed by atoms with Crippen molar-refractivity contribution in [3.8, 4) is 0 Å². The van der Waals surface area contributed by atoms with Gasteiger partial charge in [-0.25, -0.2) is 9.18 Å². The van der Waals surface area contributed by atoms with Crippen LogP contribution >= 0.6 is 15.9 Å². The molecule has 0 bridgehead atoms. The Morgan fingerprint density at radius 2 is 1.81 bits per heavy atom. The van der Waals surface area contributed by atoms with Crippen molar-refractivity contribution >= 4 is 39.4 Å². The van der Waals surface area contributed by atoms with E-state index >= 15 is 4.39 Å². The number of rotatable bonds is 6. The van der Waals surface area contributed by atoms with Crippen LogP contribution in [-0.2, 0) is 19.2 Å². The van der Waals surface area contributed by atoms with Crippen molar-refractivity contribution in [1.82, 2.24) is 0 Å². The van der Waals surface area contributed by atoms with Crippen LogP contribution in [0, 0.1) is 34.0 Å². The predicted octanol–water partition coefficient (Wildman–Crippen LogP) is 2.97. The van der Waals surface area contributed by atoms with Crippen molar-refractivity contribution in [2.75, 3.05) is 0 Å². The Bertz CT molecular complexity index is 1140. The third-order valence-corrected chi connectivity index (χ3v) is 10.1. The van der Waals surface area contributed by atoms with Crippen LogP contribution in [0.1, 0.15) is 46.5 Å². The molecule has 0 radical (unpaired) electrons. The summed E-state index contributed by atoms with van der Waals surface area (Å²) in [7, 11) is 0. The van der Waals surface area contributed by atoms with Crippen LogP contribution in [0.5, 0.6) is 0 Å². The number of carbonyl (C=O) groups is 4. The lowest BCUT2D eigenvalue weighted by Gasteiger charge is -2.56. The fraction of sp³-hybridized carbons (Fsp3) is 0.615. The number of ketones is 2. The number of aliphatic carboxylic acids is 2. The molecule has 4 N–H and O–H groups in total. The van der Waals surface area contributed by atoms with E-state index in [1.54, 1.807) is 19.9 Å². The first-order valence-corrected chi connectivity index (χ1v) is 12.8. The Hall–Kier alpha value is -2.17. The van der Waals surface area contributed by atoms with Gasteiger partial charge in [0.25, 0.3) is 0 Å². The minimum Gasteiger partial charge on any atom is -0.481 e. The number of hydrogen-bond donors (Lipinski definition) is 4. The second-order valence-electron chi connectivity index (χ2n) is 11.1. The first-order chi connectivity index (χ1) is 16.6. The van der Waals surface area contributed by atoms with Crippen molar-refractivity contribution in [2.24, 2.45) is 34.0 Å². The van der Waals surface area contributed by atoms with Gasteiger partial charge in [0.1, 0.15) is 12.3 Å². The highest BCUT2D eigenvalue weighted by Crippen LogP contribution is 2.71. The number of alkyl halides is 1. The molecule has 4 aliphatic carbocycles. The topological polar surface area (TPSA) is 149 Å². The van der Waals surface area contributed by atoms with Gasteiger partial charge in [-0.3, -0.25) is 14.4 Å². The zero-order valence-electron chi connectivity index (χ0n) is 20.2. The molecule has 2 unspecified atom stereocenters. The molecule has 0 saturated heterocycles. The quantitative estimate of drug-likeness (QED) is 0.357. The van der Waals surface area contributed by atoms with Gasteiger partial charge in [0.05, 0.1) is 16.3 Å². The zero-order valence-corrected chi connectivity index (χ0v) is 21.8. The van der Waals surface area contributed by atoms with Crippen LogP contribution in [0.2, 0.25) is 0 Å². The van der Waals surface area contributed by atoms with Gasteiger partial charge in [-0.15, -0.1) is 0 Å². The van der Waals surface area contributed by atoms with E-state index in [9.17, 15) is 34.5 Å². The largest absolute Gasteiger partial charge is 0.481 e. The van der Waals surface area contributed by atoms with E-state index in [-0.39, 0.29) is 25.0 Å². The highest BCUT2D eigenvalue weighted by molar-refractivity contribution is 9.12. The number of allylic oxidation sites excluding steroid dienone is 6. The average molecular weight is 569 g/mol. The number of aliphatic hydroxyl groups is 2. The van der Waals surface area contributed by atoms with E-state index in [4.69, 9.17) is 5.11 Å². The predicted molar refractivity (Wildman–Crippen MR) is 129 cm³/mol. The molecule has 0 aliphatic heterocycles. The molecule has 196 valence electrons. The number of fused-ring (bicyclic) bond motifs is 5. The number of halogens is 2. The van der Waals surface area contributed by atoms with E-state index in [0.717, 1.165) is 5.57 Å². The molecule has 8 nitrogen and oxygen atoms in total. The normalized spacial score (nSPS) is 41.1. The maximum absolute atomic E-state index is 15.6. The van der Waals surface area contributed by atoms with E-state index in [0.29, 0.717) is 10.1 Å². The van der Waals surface area contributed by atoms with Gasteiger partial charge in [-0.1, -0.05) is 31.6 Å². The van der Waals surface area contributed by atoms with Crippen molar-refractivity contribution < 1.29 is 44.0 Å². The minimum atomic E-state index is -2.19. The summed E-state index contributed by atoms with van der Waals surface area (Å²) in [5.74, 6) is -5.99. The van der Waals surface area contributed by atoms with Gasteiger partial charge >= 0.3 is 11.9 Å². The Morgan fingerprint density at radius 1 is 1.17 bits per heavy atom. The van der Waals surface area contributed by atoms with Gasteiger partial charge in [0.15, 0.2) is 17.7 Å². The lowest BCUT2D eigenvalue weighted by Crippen LogP contribution is -2.62. The van der Waals surface area contributed by atoms with Crippen molar-refractivity contribution in [2.45, 2.75) is 64.8 Å². The summed E-state index contributed by atoms with van der Waals surface area (Å²) in [6.07, 6.45) is -1.22. The fourth-order valence-electron chi connectivity index (χ4n) is 7.96. The number of carbonyl (C=O) groups excluding carboxylic acids is 2. The van der Waals surface area contributed by atoms with Gasteiger partial charge < -0.3 is 20.4 Å². The molecular formula is C26H30BrFO8. The molecule has 9 atom stereocenters. The number of hydrogen-bond acceptors (Lipinski definition) is 6. The lowest BCUT2D eigenvalue weighted by atomic mass is 9.47. The highest BCUT2D eigenvalue weighted by Gasteiger charge is 2.72. The number of aliphatic hydroxyl groups excluding tert-OH is 2. The molecule has 10 heteroatoms. The summed E-state index contributed by atoms with van der Waals surface area (Å²) in [5.41, 5.74) is -2.83. The number of Topliss-reactive ketones (excluding diaryl/α,β-unsaturated/α-hetero) is 1. The Balaban J connectivity index is 1.88. The SMILES string of the molecule is C[C@H]1C[C@H]2[C@@H]3C[C@@H](F)C4=CC(=O)C(Br)=C[C@]4(C)C3=CC[C@]2(C)[C@]1(C(=O)C(O)CC(=O)O)C(O)C(=O)O. The fourth-order valence-corrected chi connectivity index (χ4v) is 8.53. The molecule has 0 aromatic carbocycles. The molecular weight excluding hydrogens is 539 g/mol. The van der Waals surface area contributed by atoms with Crippen molar-refractivity contribution in [3.63, 3.8) is 0 Å². The summed E-state index contributed by atoms with van der Waals surface area (Å²) in [5, 5.41) is 40.5. The van der Waals surface area contributed by atoms with E-state index < -0.39 is 76.5 Å². The molecule has 0 spiro atoms. The number of carboxylic acid groups (broad SMARTS) is 2. The molecule has 0 aromatic rings. The molecule has 2 saturated carbocycles. The summed E-state index contributed by atoms with van der Waals surface area (Å²) in [6, 6.07) is 0. The third-order valence-electron chi connectivity index (χ3n) is 9.46. The second-order valence-corrected chi connectivity index (χ2v) is 11.9. The zero-order chi connectivity index (χ0) is 27.0. The summed E-state index contributed by atoms with van der Waals surface area (Å²) in [6.45, 7) is 5.14. The van der Waals surface area contributed by atoms with Crippen LogP contribution in [0.25, 0.3) is 0 Å². The van der Waals surface area contributed by atoms with Gasteiger partial charge in [0.2, 0.25) is 0 Å². The Morgan fingerprint density at radius 3 is 2.39 bits per heavy atom. The van der Waals surface area contributed by atoms with Crippen LogP contribution in [0.15, 0.2) is 33.9 Å². The minimum absolute atomic E-state index is 0.0318. The van der Waals surface area contributed by atoms with Crippen molar-refractivity contribution in [3.05, 3.63) is 33.9 Å². The van der Waals surface area contributed by atoms with Gasteiger partial charge in [-0.2, -0.15) is 0 Å². The standard InChI is InChI=1S/C26H30BrFO8/c1-11-6-14-12-7-17(28)15-8-18(29)16(27)10-24(15,2)13(12)4-5-25(14,3)26(11,22(34)23(35)36)21(33)19(30)9-20(31)32/h4,8,10-12,14,17,19,22,30,34H,5-7,9H2,1-3H3,(H,31,32)(H,35,36)/t11-,12+,14-,17+,19?,22?,24+,25-,26+/m0/s1.